The third-order valence-corrected chi connectivity index (χ3v) is 4.45. The first-order valence-electron chi connectivity index (χ1n) is 8.46. The zero-order chi connectivity index (χ0) is 18.5. The molecule has 3 aromatic rings. The summed E-state index contributed by atoms with van der Waals surface area (Å²) in [6.45, 7) is 4.99. The molecule has 0 radical (unpaired) electrons. The van der Waals surface area contributed by atoms with Gasteiger partial charge in [-0.15, -0.1) is 0 Å². The van der Waals surface area contributed by atoms with E-state index in [0.29, 0.717) is 28.4 Å². The van der Waals surface area contributed by atoms with Gasteiger partial charge < -0.3 is 10.6 Å². The van der Waals surface area contributed by atoms with Gasteiger partial charge in [0.05, 0.1) is 6.54 Å². The monoisotopic (exact) mass is 384 g/mol. The number of hydrogen-bond donors (Lipinski definition) is 2. The number of anilines is 2. The molecule has 6 heteroatoms. The topological polar surface area (TPSA) is 41.9 Å². The molecule has 0 bridgehead atoms. The third kappa shape index (κ3) is 4.84. The molecule has 0 aliphatic heterocycles. The normalized spacial score (nSPS) is 10.8. The Labute approximate surface area is 164 Å². The Kier molecular flexibility index (Phi) is 5.91. The molecule has 1 aromatic heterocycles. The summed E-state index contributed by atoms with van der Waals surface area (Å²) in [4.78, 5) is 0. The molecule has 2 N–H and O–H groups in total. The Balaban J connectivity index is 1.62. The Morgan fingerprint density at radius 2 is 1.77 bits per heavy atom. The molecule has 3 rings (SSSR count). The molecular weight excluding hydrogens is 364 g/mol. The van der Waals surface area contributed by atoms with E-state index >= 15 is 0 Å². The number of nitrogens with one attached hydrogen (secondary N) is 2. The predicted octanol–water partition coefficient (Wildman–Crippen LogP) is 5.52. The zero-order valence-corrected chi connectivity index (χ0v) is 16.3. The minimum absolute atomic E-state index is 0.453. The smallest absolute Gasteiger partial charge is 0.176 e. The van der Waals surface area contributed by atoms with Crippen LogP contribution in [0.1, 0.15) is 30.9 Å². The Hall–Kier alpha value is -2.37. The van der Waals surface area contributed by atoms with Gasteiger partial charge >= 0.3 is 0 Å². The van der Waals surface area contributed by atoms with E-state index in [1.165, 1.54) is 5.56 Å². The molecule has 0 fully saturated rings. The van der Waals surface area contributed by atoms with E-state index in [2.05, 4.69) is 53.8 Å². The molecule has 0 aliphatic rings. The first-order chi connectivity index (χ1) is 12.5. The van der Waals surface area contributed by atoms with Gasteiger partial charge in [-0.3, -0.25) is 4.68 Å². The summed E-state index contributed by atoms with van der Waals surface area (Å²) < 4.78 is 1.79. The summed E-state index contributed by atoms with van der Waals surface area (Å²) in [5.41, 5.74) is 3.37. The lowest BCUT2D eigenvalue weighted by atomic mass is 10.0. The molecule has 0 saturated heterocycles. The van der Waals surface area contributed by atoms with E-state index in [-0.39, 0.29) is 0 Å². The van der Waals surface area contributed by atoms with Crippen LogP contribution in [0.25, 0.3) is 0 Å². The number of hydrogen-bond acceptors (Lipinski definition) is 2. The SMILES string of the molecule is CC(C)c1ccc(NC(=S)Nc2nn(Cc3ccccc3)cc2Cl)cc1. The highest BCUT2D eigenvalue weighted by Crippen LogP contribution is 2.21. The van der Waals surface area contributed by atoms with Crippen molar-refractivity contribution in [1.82, 2.24) is 9.78 Å². The van der Waals surface area contributed by atoms with Crippen LogP contribution in [0.3, 0.4) is 0 Å². The van der Waals surface area contributed by atoms with E-state index < -0.39 is 0 Å². The highest BCUT2D eigenvalue weighted by atomic mass is 35.5. The van der Waals surface area contributed by atoms with Crippen molar-refractivity contribution in [3.05, 3.63) is 76.9 Å². The van der Waals surface area contributed by atoms with Gasteiger partial charge in [0.25, 0.3) is 0 Å². The fourth-order valence-electron chi connectivity index (χ4n) is 2.55. The fraction of sp³-hybridized carbons (Fsp3) is 0.200. The maximum absolute atomic E-state index is 6.28. The van der Waals surface area contributed by atoms with Crippen LogP contribution in [0.5, 0.6) is 0 Å². The minimum Gasteiger partial charge on any atom is -0.332 e. The molecule has 0 spiro atoms. The maximum atomic E-state index is 6.28. The van der Waals surface area contributed by atoms with Gasteiger partial charge in [0.1, 0.15) is 5.02 Å². The lowest BCUT2D eigenvalue weighted by Crippen LogP contribution is -2.19. The van der Waals surface area contributed by atoms with Crippen molar-refractivity contribution in [2.75, 3.05) is 10.6 Å². The van der Waals surface area contributed by atoms with E-state index in [1.54, 1.807) is 10.9 Å². The van der Waals surface area contributed by atoms with Crippen LogP contribution in [-0.2, 0) is 6.54 Å². The van der Waals surface area contributed by atoms with E-state index in [9.17, 15) is 0 Å². The lowest BCUT2D eigenvalue weighted by Gasteiger charge is -2.11. The average Bonchev–Trinajstić information content (AvgIpc) is 2.95. The Bertz CT molecular complexity index is 873. The van der Waals surface area contributed by atoms with E-state index in [1.807, 2.05) is 30.3 Å². The number of rotatable bonds is 5. The van der Waals surface area contributed by atoms with Crippen molar-refractivity contribution in [2.24, 2.45) is 0 Å². The van der Waals surface area contributed by atoms with Gasteiger partial charge in [0.15, 0.2) is 10.9 Å². The lowest BCUT2D eigenvalue weighted by molar-refractivity contribution is 0.690. The number of halogens is 1. The molecule has 0 atom stereocenters. The van der Waals surface area contributed by atoms with Crippen molar-refractivity contribution in [3.8, 4) is 0 Å². The highest BCUT2D eigenvalue weighted by molar-refractivity contribution is 7.80. The second-order valence-corrected chi connectivity index (χ2v) is 7.18. The van der Waals surface area contributed by atoms with Crippen molar-refractivity contribution in [1.29, 1.82) is 0 Å². The quantitative estimate of drug-likeness (QED) is 0.568. The zero-order valence-electron chi connectivity index (χ0n) is 14.7. The van der Waals surface area contributed by atoms with Crippen LogP contribution in [-0.4, -0.2) is 14.9 Å². The van der Waals surface area contributed by atoms with Gasteiger partial charge in [-0.05, 0) is 41.4 Å². The van der Waals surface area contributed by atoms with Crippen LogP contribution in [0.4, 0.5) is 11.5 Å². The summed E-state index contributed by atoms with van der Waals surface area (Å²) in [5.74, 6) is 1.04. The van der Waals surface area contributed by atoms with Crippen molar-refractivity contribution < 1.29 is 0 Å². The van der Waals surface area contributed by atoms with Gasteiger partial charge in [-0.25, -0.2) is 0 Å². The molecule has 2 aromatic carbocycles. The molecule has 0 aliphatic carbocycles. The number of nitrogens with zero attached hydrogens (tertiary/aromatic N) is 2. The predicted molar refractivity (Wildman–Crippen MR) is 113 cm³/mol. The van der Waals surface area contributed by atoms with Gasteiger partial charge in [-0.2, -0.15) is 5.10 Å². The van der Waals surface area contributed by atoms with Crippen LogP contribution in [0.15, 0.2) is 60.8 Å². The summed E-state index contributed by atoms with van der Waals surface area (Å²) in [7, 11) is 0. The van der Waals surface area contributed by atoms with Crippen LogP contribution < -0.4 is 10.6 Å². The Morgan fingerprint density at radius 3 is 2.42 bits per heavy atom. The van der Waals surface area contributed by atoms with Crippen LogP contribution in [0.2, 0.25) is 5.02 Å². The molecule has 0 unspecified atom stereocenters. The number of benzene rings is 2. The van der Waals surface area contributed by atoms with E-state index in [0.717, 1.165) is 11.3 Å². The van der Waals surface area contributed by atoms with Crippen LogP contribution in [0, 0.1) is 0 Å². The van der Waals surface area contributed by atoms with Crippen molar-refractivity contribution in [2.45, 2.75) is 26.3 Å². The average molecular weight is 385 g/mol. The fourth-order valence-corrected chi connectivity index (χ4v) is 2.97. The summed E-state index contributed by atoms with van der Waals surface area (Å²) in [6.07, 6.45) is 1.79. The first-order valence-corrected chi connectivity index (χ1v) is 9.25. The highest BCUT2D eigenvalue weighted by Gasteiger charge is 2.09. The molecule has 26 heavy (non-hydrogen) atoms. The molecule has 0 amide bonds. The van der Waals surface area contributed by atoms with Gasteiger partial charge in [-0.1, -0.05) is 67.9 Å². The standard InChI is InChI=1S/C20H21ClN4S/c1-14(2)16-8-10-17(11-9-16)22-20(26)23-19-18(21)13-25(24-19)12-15-6-4-3-5-7-15/h3-11,13-14H,12H2,1-2H3,(H2,22,23,24,26). The number of thiocarbonyl (C=S) groups is 1. The van der Waals surface area contributed by atoms with Crippen molar-refractivity contribution in [3.63, 3.8) is 0 Å². The third-order valence-electron chi connectivity index (χ3n) is 3.97. The minimum atomic E-state index is 0.453. The molecule has 134 valence electrons. The van der Waals surface area contributed by atoms with Crippen molar-refractivity contribution >= 4 is 40.4 Å². The summed E-state index contributed by atoms with van der Waals surface area (Å²) in [5, 5.41) is 11.7. The number of aromatic nitrogens is 2. The van der Waals surface area contributed by atoms with Crippen LogP contribution >= 0.6 is 23.8 Å². The maximum Gasteiger partial charge on any atom is 0.176 e. The second-order valence-electron chi connectivity index (χ2n) is 6.36. The van der Waals surface area contributed by atoms with E-state index in [4.69, 9.17) is 23.8 Å². The molecule has 1 heterocycles. The largest absolute Gasteiger partial charge is 0.332 e. The molecular formula is C20H21ClN4S. The summed E-state index contributed by atoms with van der Waals surface area (Å²) >= 11 is 11.7. The summed E-state index contributed by atoms with van der Waals surface area (Å²) in [6, 6.07) is 18.3. The van der Waals surface area contributed by atoms with Gasteiger partial charge in [0, 0.05) is 11.9 Å². The van der Waals surface area contributed by atoms with Gasteiger partial charge in [0.2, 0.25) is 0 Å². The Morgan fingerprint density at radius 1 is 1.08 bits per heavy atom. The second kappa shape index (κ2) is 8.34. The molecule has 0 saturated carbocycles. The first kappa shape index (κ1) is 18.4. The molecule has 4 nitrogen and oxygen atoms in total.